The zero-order valence-corrected chi connectivity index (χ0v) is 17.7. The van der Waals surface area contributed by atoms with Gasteiger partial charge in [0.05, 0.1) is 10.6 Å². The minimum atomic E-state index is -3.60. The van der Waals surface area contributed by atoms with Crippen molar-refractivity contribution in [2.75, 3.05) is 37.7 Å². The van der Waals surface area contributed by atoms with Crippen LogP contribution in [-0.2, 0) is 15.4 Å². The molecule has 0 spiro atoms. The number of sulfonamides is 1. The van der Waals surface area contributed by atoms with Crippen LogP contribution in [0.3, 0.4) is 0 Å². The summed E-state index contributed by atoms with van der Waals surface area (Å²) in [5.74, 6) is 2.09. The minimum Gasteiger partial charge on any atom is -0.486 e. The molecule has 0 unspecified atom stereocenters. The van der Waals surface area contributed by atoms with Gasteiger partial charge >= 0.3 is 0 Å². The molecule has 4 rings (SSSR count). The summed E-state index contributed by atoms with van der Waals surface area (Å²) in [6.07, 6.45) is 0. The van der Waals surface area contributed by atoms with Crippen LogP contribution in [0.15, 0.2) is 35.2 Å². The van der Waals surface area contributed by atoms with Crippen molar-refractivity contribution in [3.05, 3.63) is 36.0 Å². The average Bonchev–Trinajstić information content (AvgIpc) is 2.66. The van der Waals surface area contributed by atoms with E-state index in [1.807, 2.05) is 12.1 Å². The number of aromatic nitrogens is 2. The van der Waals surface area contributed by atoms with Crippen LogP contribution in [0.4, 0.5) is 5.82 Å². The van der Waals surface area contributed by atoms with E-state index < -0.39 is 10.0 Å². The summed E-state index contributed by atoms with van der Waals surface area (Å²) in [4.78, 5) is 2.28. The van der Waals surface area contributed by atoms with Gasteiger partial charge in [0.15, 0.2) is 17.3 Å². The van der Waals surface area contributed by atoms with Crippen molar-refractivity contribution in [1.82, 2.24) is 14.9 Å². The Hall–Kier alpha value is -2.39. The molecular formula is C20H26N4O4S. The second-order valence-corrected chi connectivity index (χ2v) is 10.2. The smallest absolute Gasteiger partial charge is 0.240 e. The Balaban J connectivity index is 1.31. The first kappa shape index (κ1) is 19.9. The minimum absolute atomic E-state index is 0.0326. The van der Waals surface area contributed by atoms with E-state index in [-0.39, 0.29) is 16.2 Å². The number of nitrogens with one attached hydrogen (secondary N) is 1. The maximum atomic E-state index is 12.6. The third kappa shape index (κ3) is 4.30. The topological polar surface area (TPSA) is 93.7 Å². The van der Waals surface area contributed by atoms with Gasteiger partial charge in [0.1, 0.15) is 13.2 Å². The van der Waals surface area contributed by atoms with E-state index in [4.69, 9.17) is 9.47 Å². The highest BCUT2D eigenvalue weighted by molar-refractivity contribution is 7.89. The number of hydrogen-bond donors (Lipinski definition) is 1. The molecule has 1 aromatic heterocycles. The lowest BCUT2D eigenvalue weighted by atomic mass is 9.92. The predicted molar refractivity (Wildman–Crippen MR) is 109 cm³/mol. The fourth-order valence-corrected chi connectivity index (χ4v) is 4.41. The molecule has 0 radical (unpaired) electrons. The van der Waals surface area contributed by atoms with Crippen LogP contribution in [0.25, 0.3) is 0 Å². The Morgan fingerprint density at radius 2 is 1.79 bits per heavy atom. The zero-order valence-electron chi connectivity index (χ0n) is 16.9. The fraction of sp³-hybridized carbons (Fsp3) is 0.500. The maximum absolute atomic E-state index is 12.6. The summed E-state index contributed by atoms with van der Waals surface area (Å²) < 4.78 is 38.8. The number of nitrogens with zero attached hydrogens (tertiary/aromatic N) is 3. The average molecular weight is 419 g/mol. The van der Waals surface area contributed by atoms with Crippen LogP contribution in [-0.4, -0.2) is 51.5 Å². The molecule has 8 nitrogen and oxygen atoms in total. The van der Waals surface area contributed by atoms with Gasteiger partial charge in [-0.25, -0.2) is 13.1 Å². The van der Waals surface area contributed by atoms with E-state index in [1.54, 1.807) is 6.07 Å². The highest BCUT2D eigenvalue weighted by Gasteiger charge is 2.30. The molecule has 156 valence electrons. The summed E-state index contributed by atoms with van der Waals surface area (Å²) in [6.45, 7) is 9.06. The van der Waals surface area contributed by atoms with Crippen LogP contribution < -0.4 is 19.1 Å². The quantitative estimate of drug-likeness (QED) is 0.793. The van der Waals surface area contributed by atoms with Gasteiger partial charge < -0.3 is 14.4 Å². The van der Waals surface area contributed by atoms with Crippen molar-refractivity contribution in [3.8, 4) is 11.5 Å². The summed E-state index contributed by atoms with van der Waals surface area (Å²) in [6, 6.07) is 8.66. The summed E-state index contributed by atoms with van der Waals surface area (Å²) in [5, 5.41) is 8.62. The number of ether oxygens (including phenoxy) is 2. The fourth-order valence-electron chi connectivity index (χ4n) is 3.28. The molecule has 1 fully saturated rings. The van der Waals surface area contributed by atoms with Crippen molar-refractivity contribution >= 4 is 15.8 Å². The lowest BCUT2D eigenvalue weighted by Crippen LogP contribution is -2.51. The van der Waals surface area contributed by atoms with Crippen LogP contribution >= 0.6 is 0 Å². The van der Waals surface area contributed by atoms with E-state index in [2.05, 4.69) is 40.6 Å². The maximum Gasteiger partial charge on any atom is 0.240 e. The first-order valence-electron chi connectivity index (χ1n) is 9.71. The molecule has 2 aliphatic rings. The van der Waals surface area contributed by atoms with Crippen LogP contribution in [0.5, 0.6) is 11.5 Å². The Morgan fingerprint density at radius 3 is 2.45 bits per heavy atom. The van der Waals surface area contributed by atoms with Crippen LogP contribution in [0.2, 0.25) is 0 Å². The molecule has 0 atom stereocenters. The van der Waals surface area contributed by atoms with E-state index in [0.29, 0.717) is 31.3 Å². The lowest BCUT2D eigenvalue weighted by molar-refractivity contribution is 0.171. The predicted octanol–water partition coefficient (Wildman–Crippen LogP) is 1.96. The molecule has 29 heavy (non-hydrogen) atoms. The molecule has 9 heteroatoms. The summed E-state index contributed by atoms with van der Waals surface area (Å²) >= 11 is 0. The van der Waals surface area contributed by atoms with Gasteiger partial charge in [-0.1, -0.05) is 20.8 Å². The first-order valence-corrected chi connectivity index (χ1v) is 11.2. The van der Waals surface area contributed by atoms with Gasteiger partial charge in [-0.2, -0.15) is 5.10 Å². The third-order valence-corrected chi connectivity index (χ3v) is 6.51. The molecule has 1 saturated heterocycles. The second-order valence-electron chi connectivity index (χ2n) is 8.46. The number of fused-ring (bicyclic) bond motifs is 1. The normalized spacial score (nSPS) is 17.1. The number of hydrogen-bond acceptors (Lipinski definition) is 7. The van der Waals surface area contributed by atoms with Crippen molar-refractivity contribution < 1.29 is 17.9 Å². The standard InChI is InChI=1S/C20H26N4O4S/c1-20(2,3)18-6-7-19(23-22-18)24-12-14(13-24)11-21-29(25,26)15-4-5-16-17(10-15)28-9-8-27-16/h4-7,10,14,21H,8-9,11-13H2,1-3H3. The molecule has 0 amide bonds. The van der Waals surface area contributed by atoms with Crippen molar-refractivity contribution in [2.24, 2.45) is 5.92 Å². The molecule has 2 aromatic rings. The zero-order chi connectivity index (χ0) is 20.6. The molecule has 2 aliphatic heterocycles. The first-order chi connectivity index (χ1) is 13.7. The van der Waals surface area contributed by atoms with E-state index in [1.165, 1.54) is 12.1 Å². The number of benzene rings is 1. The van der Waals surface area contributed by atoms with Gasteiger partial charge in [0.2, 0.25) is 10.0 Å². The Bertz CT molecular complexity index is 981. The van der Waals surface area contributed by atoms with Gasteiger partial charge in [-0.3, -0.25) is 0 Å². The second kappa shape index (κ2) is 7.46. The van der Waals surface area contributed by atoms with Gasteiger partial charge in [-0.15, -0.1) is 5.10 Å². The van der Waals surface area contributed by atoms with Gasteiger partial charge in [0, 0.05) is 37.0 Å². The van der Waals surface area contributed by atoms with E-state index in [0.717, 1.165) is 24.6 Å². The Kier molecular flexibility index (Phi) is 5.12. The molecule has 3 heterocycles. The van der Waals surface area contributed by atoms with Gasteiger partial charge in [0.25, 0.3) is 0 Å². The molecule has 0 saturated carbocycles. The summed E-state index contributed by atoms with van der Waals surface area (Å²) in [5.41, 5.74) is 0.917. The Morgan fingerprint density at radius 1 is 1.07 bits per heavy atom. The Labute approximate surface area is 171 Å². The van der Waals surface area contributed by atoms with Crippen LogP contribution in [0.1, 0.15) is 26.5 Å². The van der Waals surface area contributed by atoms with Gasteiger partial charge in [-0.05, 0) is 24.3 Å². The van der Waals surface area contributed by atoms with Crippen molar-refractivity contribution in [2.45, 2.75) is 31.1 Å². The largest absolute Gasteiger partial charge is 0.486 e. The third-order valence-electron chi connectivity index (χ3n) is 5.09. The van der Waals surface area contributed by atoms with Crippen LogP contribution in [0, 0.1) is 5.92 Å². The number of rotatable bonds is 5. The summed E-state index contributed by atoms with van der Waals surface area (Å²) in [7, 11) is -3.60. The van der Waals surface area contributed by atoms with E-state index in [9.17, 15) is 8.42 Å². The highest BCUT2D eigenvalue weighted by Crippen LogP contribution is 2.32. The molecule has 0 aliphatic carbocycles. The number of anilines is 1. The lowest BCUT2D eigenvalue weighted by Gasteiger charge is -2.40. The van der Waals surface area contributed by atoms with Crippen molar-refractivity contribution in [3.63, 3.8) is 0 Å². The van der Waals surface area contributed by atoms with Crippen molar-refractivity contribution in [1.29, 1.82) is 0 Å². The molecule has 1 aromatic carbocycles. The molecule has 0 bridgehead atoms. The highest BCUT2D eigenvalue weighted by atomic mass is 32.2. The van der Waals surface area contributed by atoms with E-state index >= 15 is 0 Å². The molecular weight excluding hydrogens is 392 g/mol. The molecule has 1 N–H and O–H groups in total. The monoisotopic (exact) mass is 418 g/mol. The SMILES string of the molecule is CC(C)(C)c1ccc(N2CC(CNS(=O)(=O)c3ccc4c(c3)OCCO4)C2)nn1.